The Kier molecular flexibility index (Phi) is 4.90. The number of sulfonamides is 1. The van der Waals surface area contributed by atoms with Crippen LogP contribution >= 0.6 is 0 Å². The molecule has 0 fully saturated rings. The van der Waals surface area contributed by atoms with E-state index in [1.165, 1.54) is 11.4 Å². The molecule has 3 rings (SSSR count). The maximum Gasteiger partial charge on any atom is 0.264 e. The van der Waals surface area contributed by atoms with E-state index in [0.717, 1.165) is 5.56 Å². The smallest absolute Gasteiger partial charge is 0.264 e. The lowest BCUT2D eigenvalue weighted by Gasteiger charge is -2.35. The summed E-state index contributed by atoms with van der Waals surface area (Å²) in [4.78, 5) is 12.3. The first-order valence-corrected chi connectivity index (χ1v) is 10.2. The lowest BCUT2D eigenvalue weighted by Crippen LogP contribution is -2.50. The van der Waals surface area contributed by atoms with Gasteiger partial charge in [0.2, 0.25) is 0 Å². The Morgan fingerprint density at radius 3 is 2.41 bits per heavy atom. The Balaban J connectivity index is 2.15. The Hall–Kier alpha value is -2.54. The molecule has 1 aliphatic heterocycles. The zero-order chi connectivity index (χ0) is 19.8. The molecular weight excluding hydrogens is 364 g/mol. The molecule has 0 saturated heterocycles. The van der Waals surface area contributed by atoms with E-state index >= 15 is 0 Å². The van der Waals surface area contributed by atoms with Crippen molar-refractivity contribution < 1.29 is 17.9 Å². The topological polar surface area (TPSA) is 75.7 Å². The van der Waals surface area contributed by atoms with Gasteiger partial charge in [-0.15, -0.1) is 0 Å². The highest BCUT2D eigenvalue weighted by Gasteiger charge is 2.37. The Labute approximate surface area is 160 Å². The number of likely N-dealkylation sites (N-methyl/N-ethyl adjacent to an activating group) is 1. The molecule has 0 saturated carbocycles. The van der Waals surface area contributed by atoms with Gasteiger partial charge < -0.3 is 10.1 Å². The van der Waals surface area contributed by atoms with Crippen LogP contribution in [-0.2, 0) is 20.2 Å². The molecule has 0 aliphatic carbocycles. The first-order chi connectivity index (χ1) is 12.6. The summed E-state index contributed by atoms with van der Waals surface area (Å²) in [7, 11) is -2.34. The van der Waals surface area contributed by atoms with E-state index in [2.05, 4.69) is 26.1 Å². The standard InChI is InChI=1S/C20H24N2O4S/c1-20(2,3)14-10-11-17-16(12-14)22(13-18(26-17)19(23)21-4)27(24,25)15-8-6-5-7-9-15/h5-12,18H,13H2,1-4H3,(H,21,23). The van der Waals surface area contributed by atoms with Gasteiger partial charge in [-0.05, 0) is 35.2 Å². The van der Waals surface area contributed by atoms with Crippen LogP contribution in [0.2, 0.25) is 0 Å². The highest BCUT2D eigenvalue weighted by atomic mass is 32.2. The minimum atomic E-state index is -3.84. The average Bonchev–Trinajstić information content (AvgIpc) is 2.65. The van der Waals surface area contributed by atoms with Crippen LogP contribution < -0.4 is 14.4 Å². The molecule has 0 spiro atoms. The van der Waals surface area contributed by atoms with Gasteiger partial charge in [0, 0.05) is 7.05 Å². The third-order valence-electron chi connectivity index (χ3n) is 4.56. The second-order valence-electron chi connectivity index (χ2n) is 7.50. The molecule has 2 aromatic rings. The van der Waals surface area contributed by atoms with Gasteiger partial charge in [-0.1, -0.05) is 45.0 Å². The van der Waals surface area contributed by atoms with Gasteiger partial charge in [-0.2, -0.15) is 0 Å². The number of benzene rings is 2. The van der Waals surface area contributed by atoms with Crippen LogP contribution in [0, 0.1) is 0 Å². The zero-order valence-electron chi connectivity index (χ0n) is 15.9. The van der Waals surface area contributed by atoms with Crippen molar-refractivity contribution in [2.24, 2.45) is 0 Å². The van der Waals surface area contributed by atoms with Gasteiger partial charge in [0.15, 0.2) is 6.10 Å². The molecule has 1 aliphatic rings. The van der Waals surface area contributed by atoms with E-state index < -0.39 is 16.1 Å². The molecule has 0 aromatic heterocycles. The lowest BCUT2D eigenvalue weighted by molar-refractivity contribution is -0.127. The fourth-order valence-corrected chi connectivity index (χ4v) is 4.45. The minimum Gasteiger partial charge on any atom is -0.476 e. The van der Waals surface area contributed by atoms with Crippen LogP contribution in [0.25, 0.3) is 0 Å². The van der Waals surface area contributed by atoms with Crippen molar-refractivity contribution in [2.75, 3.05) is 17.9 Å². The quantitative estimate of drug-likeness (QED) is 0.877. The summed E-state index contributed by atoms with van der Waals surface area (Å²) in [5, 5.41) is 2.53. The van der Waals surface area contributed by atoms with E-state index in [-0.39, 0.29) is 22.8 Å². The van der Waals surface area contributed by atoms with Gasteiger partial charge in [0.25, 0.3) is 15.9 Å². The minimum absolute atomic E-state index is 0.0858. The van der Waals surface area contributed by atoms with E-state index in [1.807, 2.05) is 12.1 Å². The summed E-state index contributed by atoms with van der Waals surface area (Å²) < 4.78 is 33.7. The van der Waals surface area contributed by atoms with Crippen molar-refractivity contribution in [2.45, 2.75) is 37.2 Å². The number of carbonyl (C=O) groups is 1. The number of nitrogens with one attached hydrogen (secondary N) is 1. The first-order valence-electron chi connectivity index (χ1n) is 8.75. The molecule has 1 amide bonds. The van der Waals surface area contributed by atoms with Crippen molar-refractivity contribution in [3.05, 3.63) is 54.1 Å². The summed E-state index contributed by atoms with van der Waals surface area (Å²) in [6.07, 6.45) is -0.915. The number of rotatable bonds is 3. The van der Waals surface area contributed by atoms with E-state index in [4.69, 9.17) is 4.74 Å². The van der Waals surface area contributed by atoms with Crippen molar-refractivity contribution in [1.29, 1.82) is 0 Å². The molecule has 1 atom stereocenters. The van der Waals surface area contributed by atoms with Crippen LogP contribution in [0.1, 0.15) is 26.3 Å². The Bertz CT molecular complexity index is 950. The van der Waals surface area contributed by atoms with Gasteiger partial charge >= 0.3 is 0 Å². The molecule has 1 N–H and O–H groups in total. The average molecular weight is 388 g/mol. The number of amides is 1. The number of nitrogens with zero attached hydrogens (tertiary/aromatic N) is 1. The fraction of sp³-hybridized carbons (Fsp3) is 0.350. The second kappa shape index (κ2) is 6.88. The van der Waals surface area contributed by atoms with Crippen LogP contribution in [-0.4, -0.2) is 34.0 Å². The molecule has 27 heavy (non-hydrogen) atoms. The van der Waals surface area contributed by atoms with E-state index in [0.29, 0.717) is 11.4 Å². The number of carbonyl (C=O) groups excluding carboxylic acids is 1. The molecule has 0 bridgehead atoms. The summed E-state index contributed by atoms with van der Waals surface area (Å²) in [6, 6.07) is 13.7. The maximum atomic E-state index is 13.3. The highest BCUT2D eigenvalue weighted by Crippen LogP contribution is 2.40. The molecular formula is C20H24N2O4S. The van der Waals surface area contributed by atoms with Gasteiger partial charge in [-0.3, -0.25) is 9.10 Å². The first kappa shape index (κ1) is 19.2. The van der Waals surface area contributed by atoms with Crippen molar-refractivity contribution >= 4 is 21.6 Å². The van der Waals surface area contributed by atoms with Gasteiger partial charge in [-0.25, -0.2) is 8.42 Å². The van der Waals surface area contributed by atoms with Crippen LogP contribution in [0.4, 0.5) is 5.69 Å². The number of hydrogen-bond donors (Lipinski definition) is 1. The van der Waals surface area contributed by atoms with E-state index in [1.54, 1.807) is 36.4 Å². The Morgan fingerprint density at radius 2 is 1.81 bits per heavy atom. The van der Waals surface area contributed by atoms with Crippen molar-refractivity contribution in [3.8, 4) is 5.75 Å². The van der Waals surface area contributed by atoms with Gasteiger partial charge in [0.1, 0.15) is 5.75 Å². The zero-order valence-corrected chi connectivity index (χ0v) is 16.7. The lowest BCUT2D eigenvalue weighted by atomic mass is 9.86. The molecule has 1 unspecified atom stereocenters. The second-order valence-corrected chi connectivity index (χ2v) is 9.36. The molecule has 144 valence electrons. The monoisotopic (exact) mass is 388 g/mol. The predicted molar refractivity (Wildman–Crippen MR) is 105 cm³/mol. The summed E-state index contributed by atoms with van der Waals surface area (Å²) >= 11 is 0. The third-order valence-corrected chi connectivity index (χ3v) is 6.36. The largest absolute Gasteiger partial charge is 0.476 e. The molecule has 0 radical (unpaired) electrons. The molecule has 7 heteroatoms. The number of hydrogen-bond acceptors (Lipinski definition) is 4. The molecule has 6 nitrogen and oxygen atoms in total. The molecule has 2 aromatic carbocycles. The van der Waals surface area contributed by atoms with Crippen LogP contribution in [0.15, 0.2) is 53.4 Å². The van der Waals surface area contributed by atoms with Crippen LogP contribution in [0.5, 0.6) is 5.75 Å². The van der Waals surface area contributed by atoms with Crippen molar-refractivity contribution in [1.82, 2.24) is 5.32 Å². The number of anilines is 1. The summed E-state index contributed by atoms with van der Waals surface area (Å²) in [6.45, 7) is 6.09. The Morgan fingerprint density at radius 1 is 1.15 bits per heavy atom. The third kappa shape index (κ3) is 3.64. The maximum absolute atomic E-state index is 13.3. The van der Waals surface area contributed by atoms with Gasteiger partial charge in [0.05, 0.1) is 17.1 Å². The summed E-state index contributed by atoms with van der Waals surface area (Å²) in [5.74, 6) is 0.0103. The molecule has 1 heterocycles. The number of fused-ring (bicyclic) bond motifs is 1. The number of ether oxygens (including phenoxy) is 1. The van der Waals surface area contributed by atoms with E-state index in [9.17, 15) is 13.2 Å². The predicted octanol–water partition coefficient (Wildman–Crippen LogP) is 2.69. The van der Waals surface area contributed by atoms with Crippen LogP contribution in [0.3, 0.4) is 0 Å². The SMILES string of the molecule is CNC(=O)C1CN(S(=O)(=O)c2ccccc2)c2cc(C(C)(C)C)ccc2O1. The fourth-order valence-electron chi connectivity index (χ4n) is 2.96. The summed E-state index contributed by atoms with van der Waals surface area (Å²) in [5.41, 5.74) is 1.28. The highest BCUT2D eigenvalue weighted by molar-refractivity contribution is 7.92. The van der Waals surface area contributed by atoms with Crippen molar-refractivity contribution in [3.63, 3.8) is 0 Å². The normalized spacial score (nSPS) is 17.0.